The van der Waals surface area contributed by atoms with Gasteiger partial charge in [0.15, 0.2) is 0 Å². The van der Waals surface area contributed by atoms with E-state index in [-0.39, 0.29) is 5.91 Å². The van der Waals surface area contributed by atoms with E-state index in [1.807, 2.05) is 40.6 Å². The van der Waals surface area contributed by atoms with Crippen LogP contribution in [0.4, 0.5) is 0 Å². The first-order valence-electron chi connectivity index (χ1n) is 8.04. The average molecular weight is 346 g/mol. The number of rotatable bonds is 5. The van der Waals surface area contributed by atoms with Gasteiger partial charge in [-0.15, -0.1) is 11.3 Å². The number of piperazine rings is 1. The molecule has 6 heteroatoms. The molecule has 1 N–H and O–H groups in total. The fourth-order valence-electron chi connectivity index (χ4n) is 2.89. The van der Waals surface area contributed by atoms with Gasteiger partial charge in [0, 0.05) is 43.2 Å². The monoisotopic (exact) mass is 346 g/mol. The molecule has 24 heavy (non-hydrogen) atoms. The third kappa shape index (κ3) is 3.95. The van der Waals surface area contributed by atoms with E-state index in [2.05, 4.69) is 4.90 Å². The van der Waals surface area contributed by atoms with Crippen molar-refractivity contribution in [3.8, 4) is 5.75 Å². The van der Waals surface area contributed by atoms with E-state index in [1.165, 1.54) is 0 Å². The lowest BCUT2D eigenvalue weighted by molar-refractivity contribution is 0.0532. The van der Waals surface area contributed by atoms with Gasteiger partial charge in [0.05, 0.1) is 7.11 Å². The van der Waals surface area contributed by atoms with Gasteiger partial charge in [0.1, 0.15) is 11.9 Å². The number of aliphatic hydroxyl groups is 1. The number of hydrogen-bond acceptors (Lipinski definition) is 5. The molecule has 2 heterocycles. The van der Waals surface area contributed by atoms with Crippen molar-refractivity contribution in [1.82, 2.24) is 9.80 Å². The molecule has 0 unspecified atom stereocenters. The molecular formula is C18H22N2O3S. The van der Waals surface area contributed by atoms with Gasteiger partial charge >= 0.3 is 0 Å². The molecule has 1 aromatic carbocycles. The van der Waals surface area contributed by atoms with Crippen molar-refractivity contribution >= 4 is 17.2 Å². The van der Waals surface area contributed by atoms with Crippen LogP contribution in [0.2, 0.25) is 0 Å². The minimum atomic E-state index is -0.453. The largest absolute Gasteiger partial charge is 0.497 e. The van der Waals surface area contributed by atoms with Gasteiger partial charge < -0.3 is 14.7 Å². The zero-order chi connectivity index (χ0) is 16.9. The fraction of sp³-hybridized carbons (Fsp3) is 0.389. The Morgan fingerprint density at radius 1 is 1.25 bits per heavy atom. The van der Waals surface area contributed by atoms with E-state index < -0.39 is 6.10 Å². The van der Waals surface area contributed by atoms with E-state index in [0.717, 1.165) is 18.0 Å². The number of hydrogen-bond donors (Lipinski definition) is 1. The first kappa shape index (κ1) is 17.0. The molecule has 0 spiro atoms. The maximum absolute atomic E-state index is 12.6. The molecule has 1 fully saturated rings. The van der Waals surface area contributed by atoms with Gasteiger partial charge in [0.25, 0.3) is 5.91 Å². The Hall–Kier alpha value is -1.89. The number of nitrogens with zero attached hydrogens (tertiary/aromatic N) is 2. The highest BCUT2D eigenvalue weighted by Crippen LogP contribution is 2.21. The number of thiophene rings is 1. The molecule has 0 radical (unpaired) electrons. The van der Waals surface area contributed by atoms with Crippen LogP contribution in [0.15, 0.2) is 41.8 Å². The van der Waals surface area contributed by atoms with E-state index in [9.17, 15) is 9.90 Å². The van der Waals surface area contributed by atoms with Crippen molar-refractivity contribution in [2.45, 2.75) is 6.10 Å². The number of ether oxygens (including phenoxy) is 1. The minimum absolute atomic E-state index is 0.0346. The highest BCUT2D eigenvalue weighted by molar-refractivity contribution is 7.10. The van der Waals surface area contributed by atoms with Crippen LogP contribution in [0.3, 0.4) is 0 Å². The number of carbonyl (C=O) groups excluding carboxylic acids is 1. The van der Waals surface area contributed by atoms with Crippen molar-refractivity contribution in [2.24, 2.45) is 0 Å². The molecule has 1 aliphatic rings. The minimum Gasteiger partial charge on any atom is -0.497 e. The van der Waals surface area contributed by atoms with E-state index >= 15 is 0 Å². The standard InChI is InChI=1S/C18H22N2O3S/c1-23-15-5-2-4-14(12-15)18(22)20-9-7-19(8-10-20)13-16(21)17-6-3-11-24-17/h2-6,11-12,16,21H,7-10,13H2,1H3/t16-/m0/s1. The number of benzene rings is 1. The summed E-state index contributed by atoms with van der Waals surface area (Å²) in [5.74, 6) is 0.728. The lowest BCUT2D eigenvalue weighted by Gasteiger charge is -2.35. The normalized spacial score (nSPS) is 16.8. The Morgan fingerprint density at radius 3 is 2.71 bits per heavy atom. The quantitative estimate of drug-likeness (QED) is 0.902. The first-order chi connectivity index (χ1) is 11.7. The highest BCUT2D eigenvalue weighted by atomic mass is 32.1. The van der Waals surface area contributed by atoms with Crippen LogP contribution < -0.4 is 4.74 Å². The summed E-state index contributed by atoms with van der Waals surface area (Å²) in [6, 6.07) is 11.2. The van der Waals surface area contributed by atoms with Crippen LogP contribution >= 0.6 is 11.3 Å². The Bertz CT molecular complexity index is 667. The van der Waals surface area contributed by atoms with Crippen LogP contribution in [0, 0.1) is 0 Å². The zero-order valence-corrected chi connectivity index (χ0v) is 14.5. The van der Waals surface area contributed by atoms with Gasteiger partial charge in [-0.3, -0.25) is 9.69 Å². The highest BCUT2D eigenvalue weighted by Gasteiger charge is 2.24. The third-order valence-electron chi connectivity index (χ3n) is 4.28. The summed E-state index contributed by atoms with van der Waals surface area (Å²) in [6.45, 7) is 3.51. The molecule has 1 aromatic heterocycles. The van der Waals surface area contributed by atoms with Crippen molar-refractivity contribution in [2.75, 3.05) is 39.8 Å². The van der Waals surface area contributed by atoms with Gasteiger partial charge in [-0.1, -0.05) is 12.1 Å². The second-order valence-electron chi connectivity index (χ2n) is 5.86. The lowest BCUT2D eigenvalue weighted by atomic mass is 10.1. The van der Waals surface area contributed by atoms with Crippen molar-refractivity contribution in [3.05, 3.63) is 52.2 Å². The third-order valence-corrected chi connectivity index (χ3v) is 5.25. The number of β-amino-alcohol motifs (C(OH)–C–C–N with tert-alkyl or cyclic N) is 1. The summed E-state index contributed by atoms with van der Waals surface area (Å²) in [7, 11) is 1.60. The van der Waals surface area contributed by atoms with Gasteiger partial charge in [-0.2, -0.15) is 0 Å². The Kier molecular flexibility index (Phi) is 5.50. The molecule has 5 nitrogen and oxygen atoms in total. The number of carbonyl (C=O) groups is 1. The SMILES string of the molecule is COc1cccc(C(=O)N2CCN(C[C@H](O)c3cccs3)CC2)c1. The zero-order valence-electron chi connectivity index (χ0n) is 13.7. The summed E-state index contributed by atoms with van der Waals surface area (Å²) in [4.78, 5) is 17.7. The molecule has 1 aliphatic heterocycles. The molecule has 128 valence electrons. The average Bonchev–Trinajstić information content (AvgIpc) is 3.16. The molecule has 3 rings (SSSR count). The number of methoxy groups -OCH3 is 1. The molecule has 0 aliphatic carbocycles. The van der Waals surface area contributed by atoms with Crippen LogP contribution in [-0.4, -0.2) is 60.6 Å². The van der Waals surface area contributed by atoms with Crippen LogP contribution in [0.1, 0.15) is 21.3 Å². The molecule has 0 saturated carbocycles. The number of aliphatic hydroxyl groups excluding tert-OH is 1. The second kappa shape index (κ2) is 7.79. The number of amides is 1. The molecule has 0 bridgehead atoms. The molecule has 1 amide bonds. The maximum atomic E-state index is 12.6. The van der Waals surface area contributed by atoms with E-state index in [0.29, 0.717) is 30.9 Å². The summed E-state index contributed by atoms with van der Waals surface area (Å²) >= 11 is 1.57. The van der Waals surface area contributed by atoms with Gasteiger partial charge in [0.2, 0.25) is 0 Å². The summed E-state index contributed by atoms with van der Waals surface area (Å²) < 4.78 is 5.18. The van der Waals surface area contributed by atoms with Crippen molar-refractivity contribution in [3.63, 3.8) is 0 Å². The first-order valence-corrected chi connectivity index (χ1v) is 8.92. The maximum Gasteiger partial charge on any atom is 0.254 e. The summed E-state index contributed by atoms with van der Waals surface area (Å²) in [5, 5.41) is 12.2. The summed E-state index contributed by atoms with van der Waals surface area (Å²) in [5.41, 5.74) is 0.654. The molecule has 1 atom stereocenters. The molecule has 1 saturated heterocycles. The van der Waals surface area contributed by atoms with Crippen molar-refractivity contribution < 1.29 is 14.6 Å². The Morgan fingerprint density at radius 2 is 2.04 bits per heavy atom. The van der Waals surface area contributed by atoms with Gasteiger partial charge in [-0.25, -0.2) is 0 Å². The van der Waals surface area contributed by atoms with E-state index in [1.54, 1.807) is 24.5 Å². The van der Waals surface area contributed by atoms with Crippen LogP contribution in [-0.2, 0) is 0 Å². The predicted octanol–water partition coefficient (Wildman–Crippen LogP) is 2.25. The van der Waals surface area contributed by atoms with E-state index in [4.69, 9.17) is 4.74 Å². The second-order valence-corrected chi connectivity index (χ2v) is 6.84. The Balaban J connectivity index is 1.53. The van der Waals surface area contributed by atoms with Crippen LogP contribution in [0.5, 0.6) is 5.75 Å². The van der Waals surface area contributed by atoms with Gasteiger partial charge in [-0.05, 0) is 29.6 Å². The summed E-state index contributed by atoms with van der Waals surface area (Å²) in [6.07, 6.45) is -0.453. The Labute approximate surface area is 146 Å². The van der Waals surface area contributed by atoms with Crippen molar-refractivity contribution in [1.29, 1.82) is 0 Å². The molecule has 2 aromatic rings. The topological polar surface area (TPSA) is 53.0 Å². The molecular weight excluding hydrogens is 324 g/mol. The predicted molar refractivity (Wildman–Crippen MR) is 94.6 cm³/mol. The fourth-order valence-corrected chi connectivity index (χ4v) is 3.59. The smallest absolute Gasteiger partial charge is 0.254 e. The van der Waals surface area contributed by atoms with Crippen LogP contribution in [0.25, 0.3) is 0 Å². The lowest BCUT2D eigenvalue weighted by Crippen LogP contribution is -2.49.